The zero-order chi connectivity index (χ0) is 11.5. The van der Waals surface area contributed by atoms with Gasteiger partial charge in [0.15, 0.2) is 0 Å². The van der Waals surface area contributed by atoms with Crippen molar-refractivity contribution in [1.82, 2.24) is 5.32 Å². The Hall–Kier alpha value is -1.42. The quantitative estimate of drug-likeness (QED) is 0.669. The monoisotopic (exact) mass is 222 g/mol. The Balaban J connectivity index is 2.19. The van der Waals surface area contributed by atoms with Crippen LogP contribution in [0.4, 0.5) is 4.39 Å². The summed E-state index contributed by atoms with van der Waals surface area (Å²) in [4.78, 5) is 0. The summed E-state index contributed by atoms with van der Waals surface area (Å²) in [6, 6.07) is 3.82. The smallest absolute Gasteiger partial charge is 0.127 e. The van der Waals surface area contributed by atoms with E-state index in [-0.39, 0.29) is 11.7 Å². The van der Waals surface area contributed by atoms with E-state index >= 15 is 0 Å². The van der Waals surface area contributed by atoms with Crippen molar-refractivity contribution in [3.63, 3.8) is 0 Å². The Morgan fingerprint density at radius 3 is 2.69 bits per heavy atom. The van der Waals surface area contributed by atoms with Crippen LogP contribution in [0.15, 0.2) is 18.2 Å². The van der Waals surface area contributed by atoms with Crippen molar-refractivity contribution in [2.75, 3.05) is 13.1 Å². The second-order valence-corrected chi connectivity index (χ2v) is 4.10. The Bertz CT molecular complexity index is 400. The summed E-state index contributed by atoms with van der Waals surface area (Å²) in [6.07, 6.45) is 1.80. The Morgan fingerprint density at radius 2 is 2.06 bits per heavy atom. The van der Waals surface area contributed by atoms with Crippen molar-refractivity contribution in [1.29, 1.82) is 5.41 Å². The fraction of sp³-hybridized carbons (Fsp3) is 0.417. The molecule has 2 rings (SSSR count). The molecule has 3 N–H and O–H groups in total. The van der Waals surface area contributed by atoms with Gasteiger partial charge in [0.1, 0.15) is 11.6 Å². The molecule has 1 aromatic carbocycles. The van der Waals surface area contributed by atoms with Gasteiger partial charge in [-0.05, 0) is 38.1 Å². The Labute approximate surface area is 93.8 Å². The number of nitrogens with one attached hydrogen (secondary N) is 2. The summed E-state index contributed by atoms with van der Waals surface area (Å²) in [5.74, 6) is -0.444. The Kier molecular flexibility index (Phi) is 3.19. The van der Waals surface area contributed by atoms with Gasteiger partial charge in [0.2, 0.25) is 0 Å². The largest absolute Gasteiger partial charge is 0.507 e. The summed E-state index contributed by atoms with van der Waals surface area (Å²) in [7, 11) is 0. The van der Waals surface area contributed by atoms with Gasteiger partial charge in [-0.1, -0.05) is 0 Å². The summed E-state index contributed by atoms with van der Waals surface area (Å²) in [5, 5.41) is 20.8. The first kappa shape index (κ1) is 11.1. The molecule has 0 spiro atoms. The van der Waals surface area contributed by atoms with Gasteiger partial charge in [-0.25, -0.2) is 4.39 Å². The third-order valence-electron chi connectivity index (χ3n) is 3.00. The van der Waals surface area contributed by atoms with E-state index in [1.54, 1.807) is 0 Å². The molecule has 0 atom stereocenters. The summed E-state index contributed by atoms with van der Waals surface area (Å²) in [6.45, 7) is 1.80. The molecule has 1 aliphatic rings. The lowest BCUT2D eigenvalue weighted by atomic mass is 9.88. The van der Waals surface area contributed by atoms with Gasteiger partial charge in [0.05, 0.1) is 0 Å². The molecule has 0 unspecified atom stereocenters. The molecule has 4 heteroatoms. The fourth-order valence-corrected chi connectivity index (χ4v) is 2.06. The van der Waals surface area contributed by atoms with Crippen LogP contribution in [0.3, 0.4) is 0 Å². The van der Waals surface area contributed by atoms with Crippen molar-refractivity contribution in [2.24, 2.45) is 5.92 Å². The summed E-state index contributed by atoms with van der Waals surface area (Å²) < 4.78 is 12.8. The maximum atomic E-state index is 12.8. The molecule has 16 heavy (non-hydrogen) atoms. The number of phenolic OH excluding ortho intramolecular Hbond substituents is 1. The Morgan fingerprint density at radius 1 is 1.38 bits per heavy atom. The van der Waals surface area contributed by atoms with E-state index < -0.39 is 5.82 Å². The third-order valence-corrected chi connectivity index (χ3v) is 3.00. The van der Waals surface area contributed by atoms with Gasteiger partial charge in [-0.15, -0.1) is 0 Å². The van der Waals surface area contributed by atoms with Gasteiger partial charge < -0.3 is 15.8 Å². The minimum Gasteiger partial charge on any atom is -0.507 e. The highest BCUT2D eigenvalue weighted by Gasteiger charge is 2.21. The molecule has 86 valence electrons. The van der Waals surface area contributed by atoms with Gasteiger partial charge in [-0.2, -0.15) is 0 Å². The van der Waals surface area contributed by atoms with Crippen molar-refractivity contribution in [2.45, 2.75) is 12.8 Å². The van der Waals surface area contributed by atoms with E-state index in [1.165, 1.54) is 12.1 Å². The third kappa shape index (κ3) is 2.22. The normalized spacial score (nSPS) is 17.3. The van der Waals surface area contributed by atoms with E-state index in [2.05, 4.69) is 5.32 Å². The standard InChI is InChI=1S/C12H15FN2O/c13-9-1-2-10(11(16)7-9)12(14)8-3-5-15-6-4-8/h1-2,7-8,14-16H,3-6H2. The van der Waals surface area contributed by atoms with Crippen LogP contribution in [0, 0.1) is 17.1 Å². The first-order valence-electron chi connectivity index (χ1n) is 5.46. The molecular weight excluding hydrogens is 207 g/mol. The first-order chi connectivity index (χ1) is 7.68. The molecule has 1 fully saturated rings. The van der Waals surface area contributed by atoms with Crippen LogP contribution in [0.5, 0.6) is 5.75 Å². The van der Waals surface area contributed by atoms with E-state index in [4.69, 9.17) is 5.41 Å². The molecule has 0 amide bonds. The average molecular weight is 222 g/mol. The van der Waals surface area contributed by atoms with E-state index in [0.29, 0.717) is 11.3 Å². The van der Waals surface area contributed by atoms with Gasteiger partial charge in [0.25, 0.3) is 0 Å². The van der Waals surface area contributed by atoms with Crippen LogP contribution in [-0.2, 0) is 0 Å². The molecule has 0 bridgehead atoms. The molecule has 1 saturated heterocycles. The van der Waals surface area contributed by atoms with Crippen LogP contribution < -0.4 is 5.32 Å². The predicted molar refractivity (Wildman–Crippen MR) is 60.5 cm³/mol. The number of benzene rings is 1. The number of hydrogen-bond donors (Lipinski definition) is 3. The first-order valence-corrected chi connectivity index (χ1v) is 5.46. The highest BCUT2D eigenvalue weighted by atomic mass is 19.1. The number of piperidine rings is 1. The number of halogens is 1. The minimum atomic E-state index is -0.473. The minimum absolute atomic E-state index is 0.136. The highest BCUT2D eigenvalue weighted by Crippen LogP contribution is 2.25. The highest BCUT2D eigenvalue weighted by molar-refractivity contribution is 6.02. The maximum Gasteiger partial charge on any atom is 0.127 e. The molecule has 3 nitrogen and oxygen atoms in total. The number of hydrogen-bond acceptors (Lipinski definition) is 3. The van der Waals surface area contributed by atoms with Crippen molar-refractivity contribution in [3.05, 3.63) is 29.6 Å². The van der Waals surface area contributed by atoms with Crippen LogP contribution >= 0.6 is 0 Å². The molecule has 1 aliphatic heterocycles. The molecular formula is C12H15FN2O. The summed E-state index contributed by atoms with van der Waals surface area (Å²) in [5.41, 5.74) is 0.868. The average Bonchev–Trinajstić information content (AvgIpc) is 2.29. The number of aromatic hydroxyl groups is 1. The predicted octanol–water partition coefficient (Wildman–Crippen LogP) is 1.90. The van der Waals surface area contributed by atoms with Crippen LogP contribution in [-0.4, -0.2) is 23.9 Å². The van der Waals surface area contributed by atoms with Gasteiger partial charge in [0, 0.05) is 23.3 Å². The van der Waals surface area contributed by atoms with E-state index in [1.807, 2.05) is 0 Å². The fourth-order valence-electron chi connectivity index (χ4n) is 2.06. The molecule has 0 radical (unpaired) electrons. The zero-order valence-corrected chi connectivity index (χ0v) is 8.96. The lowest BCUT2D eigenvalue weighted by molar-refractivity contribution is 0.448. The van der Waals surface area contributed by atoms with E-state index in [0.717, 1.165) is 32.0 Å². The maximum absolute atomic E-state index is 12.8. The molecule has 0 aromatic heterocycles. The molecule has 1 heterocycles. The molecule has 0 aliphatic carbocycles. The van der Waals surface area contributed by atoms with Crippen molar-refractivity contribution in [3.8, 4) is 5.75 Å². The van der Waals surface area contributed by atoms with Crippen LogP contribution in [0.1, 0.15) is 18.4 Å². The van der Waals surface area contributed by atoms with Crippen molar-refractivity contribution >= 4 is 5.71 Å². The number of rotatable bonds is 2. The number of phenols is 1. The van der Waals surface area contributed by atoms with Crippen LogP contribution in [0.25, 0.3) is 0 Å². The van der Waals surface area contributed by atoms with E-state index in [9.17, 15) is 9.50 Å². The second kappa shape index (κ2) is 4.61. The lowest BCUT2D eigenvalue weighted by Crippen LogP contribution is -2.31. The van der Waals surface area contributed by atoms with Gasteiger partial charge in [-0.3, -0.25) is 0 Å². The second-order valence-electron chi connectivity index (χ2n) is 4.10. The summed E-state index contributed by atoms with van der Waals surface area (Å²) >= 11 is 0. The SMILES string of the molecule is N=C(c1ccc(F)cc1O)C1CCNCC1. The molecule has 0 saturated carbocycles. The lowest BCUT2D eigenvalue weighted by Gasteiger charge is -2.23. The molecule has 1 aromatic rings. The van der Waals surface area contributed by atoms with Crippen molar-refractivity contribution < 1.29 is 9.50 Å². The zero-order valence-electron chi connectivity index (χ0n) is 8.96. The topological polar surface area (TPSA) is 56.1 Å². The van der Waals surface area contributed by atoms with Gasteiger partial charge >= 0.3 is 0 Å². The van der Waals surface area contributed by atoms with Crippen LogP contribution in [0.2, 0.25) is 0 Å².